The van der Waals surface area contributed by atoms with Crippen molar-refractivity contribution in [2.24, 2.45) is 0 Å². The van der Waals surface area contributed by atoms with Gasteiger partial charge in [-0.15, -0.1) is 0 Å². The van der Waals surface area contributed by atoms with Gasteiger partial charge in [0.25, 0.3) is 0 Å². The van der Waals surface area contributed by atoms with Crippen LogP contribution in [-0.2, 0) is 6.54 Å². The fraction of sp³-hybridized carbons (Fsp3) is 0.583. The number of anilines is 1. The summed E-state index contributed by atoms with van der Waals surface area (Å²) in [5.41, 5.74) is 7.73. The van der Waals surface area contributed by atoms with Crippen LogP contribution in [0.4, 0.5) is 5.69 Å². The zero-order valence-corrected chi connectivity index (χ0v) is 10.1. The smallest absolute Gasteiger partial charge is 0.0564 e. The second-order valence-corrected chi connectivity index (χ2v) is 4.60. The van der Waals surface area contributed by atoms with Gasteiger partial charge in [-0.1, -0.05) is 6.92 Å². The van der Waals surface area contributed by atoms with E-state index in [1.807, 2.05) is 12.1 Å². The summed E-state index contributed by atoms with van der Waals surface area (Å²) in [5.74, 6) is 0. The molecular weight excluding hydrogens is 186 g/mol. The van der Waals surface area contributed by atoms with Crippen molar-refractivity contribution in [1.29, 1.82) is 0 Å². The Bertz CT molecular complexity index is 320. The number of nitrogens with two attached hydrogens (primary N) is 1. The summed E-state index contributed by atoms with van der Waals surface area (Å²) >= 11 is 0. The van der Waals surface area contributed by atoms with Gasteiger partial charge in [0.15, 0.2) is 0 Å². The molecule has 0 aromatic carbocycles. The molecule has 2 N–H and O–H groups in total. The van der Waals surface area contributed by atoms with Gasteiger partial charge in [-0.2, -0.15) is 0 Å². The fourth-order valence-electron chi connectivity index (χ4n) is 1.31. The van der Waals surface area contributed by atoms with Crippen LogP contribution in [0.2, 0.25) is 0 Å². The van der Waals surface area contributed by atoms with E-state index in [9.17, 15) is 0 Å². The molecule has 1 heterocycles. The summed E-state index contributed by atoms with van der Waals surface area (Å²) in [6.07, 6.45) is 2.88. The van der Waals surface area contributed by atoms with E-state index < -0.39 is 0 Å². The molecule has 1 aromatic rings. The molecule has 0 saturated carbocycles. The topological polar surface area (TPSA) is 42.1 Å². The Morgan fingerprint density at radius 3 is 2.67 bits per heavy atom. The van der Waals surface area contributed by atoms with E-state index in [0.29, 0.717) is 0 Å². The van der Waals surface area contributed by atoms with Crippen molar-refractivity contribution < 1.29 is 0 Å². The lowest BCUT2D eigenvalue weighted by atomic mass is 10.00. The summed E-state index contributed by atoms with van der Waals surface area (Å²) in [6.45, 7) is 7.51. The molecular formula is C12H21N3. The Hall–Kier alpha value is -1.09. The first-order valence-corrected chi connectivity index (χ1v) is 5.37. The van der Waals surface area contributed by atoms with Gasteiger partial charge in [0.2, 0.25) is 0 Å². The minimum atomic E-state index is 0.201. The lowest BCUT2D eigenvalue weighted by Crippen LogP contribution is -2.39. The Balaban J connectivity index is 2.70. The van der Waals surface area contributed by atoms with Crippen LogP contribution in [0.3, 0.4) is 0 Å². The summed E-state index contributed by atoms with van der Waals surface area (Å²) in [7, 11) is 2.12. The molecule has 84 valence electrons. The molecule has 0 aliphatic rings. The van der Waals surface area contributed by atoms with Gasteiger partial charge in [0.05, 0.1) is 5.69 Å². The zero-order chi connectivity index (χ0) is 11.5. The van der Waals surface area contributed by atoms with Crippen LogP contribution in [0.25, 0.3) is 0 Å². The van der Waals surface area contributed by atoms with Crippen LogP contribution >= 0.6 is 0 Å². The maximum absolute atomic E-state index is 5.72. The van der Waals surface area contributed by atoms with Crippen molar-refractivity contribution >= 4 is 5.69 Å². The Morgan fingerprint density at radius 1 is 1.47 bits per heavy atom. The molecule has 0 radical (unpaired) electrons. The molecule has 0 fully saturated rings. The molecule has 0 spiro atoms. The van der Waals surface area contributed by atoms with Gasteiger partial charge >= 0.3 is 0 Å². The van der Waals surface area contributed by atoms with Gasteiger partial charge < -0.3 is 5.73 Å². The Labute approximate surface area is 92.3 Å². The fourth-order valence-corrected chi connectivity index (χ4v) is 1.31. The van der Waals surface area contributed by atoms with Crippen molar-refractivity contribution in [3.63, 3.8) is 0 Å². The van der Waals surface area contributed by atoms with Crippen molar-refractivity contribution in [2.45, 2.75) is 39.3 Å². The summed E-state index contributed by atoms with van der Waals surface area (Å²) in [4.78, 5) is 6.61. The second-order valence-electron chi connectivity index (χ2n) is 4.60. The van der Waals surface area contributed by atoms with Crippen LogP contribution < -0.4 is 5.73 Å². The highest BCUT2D eigenvalue weighted by atomic mass is 15.2. The highest BCUT2D eigenvalue weighted by Crippen LogP contribution is 2.18. The third-order valence-electron chi connectivity index (χ3n) is 3.14. The SMILES string of the molecule is CCC(C)(C)N(C)Cc1cc(N)ccn1. The molecule has 0 amide bonds. The molecule has 0 bridgehead atoms. The molecule has 0 saturated heterocycles. The predicted octanol–water partition coefficient (Wildman–Crippen LogP) is 2.28. The number of nitrogen functional groups attached to an aromatic ring is 1. The van der Waals surface area contributed by atoms with Crippen LogP contribution in [0, 0.1) is 0 Å². The monoisotopic (exact) mass is 207 g/mol. The third kappa shape index (κ3) is 3.20. The Kier molecular flexibility index (Phi) is 3.69. The first-order chi connectivity index (χ1) is 6.95. The van der Waals surface area contributed by atoms with Gasteiger partial charge in [-0.05, 0) is 39.4 Å². The van der Waals surface area contributed by atoms with Gasteiger partial charge in [0.1, 0.15) is 0 Å². The number of hydrogen-bond acceptors (Lipinski definition) is 3. The Morgan fingerprint density at radius 2 is 2.13 bits per heavy atom. The van der Waals surface area contributed by atoms with Gasteiger partial charge in [-0.25, -0.2) is 0 Å². The van der Waals surface area contributed by atoms with Crippen LogP contribution in [-0.4, -0.2) is 22.5 Å². The minimum absolute atomic E-state index is 0.201. The van der Waals surface area contributed by atoms with E-state index in [1.165, 1.54) is 0 Å². The molecule has 3 nitrogen and oxygen atoms in total. The van der Waals surface area contributed by atoms with E-state index in [4.69, 9.17) is 5.73 Å². The maximum atomic E-state index is 5.72. The van der Waals surface area contributed by atoms with E-state index in [2.05, 4.69) is 37.7 Å². The van der Waals surface area contributed by atoms with Crippen molar-refractivity contribution in [3.05, 3.63) is 24.0 Å². The molecule has 1 rings (SSSR count). The lowest BCUT2D eigenvalue weighted by molar-refractivity contribution is 0.141. The highest BCUT2D eigenvalue weighted by Gasteiger charge is 2.21. The molecule has 0 aliphatic carbocycles. The molecule has 3 heteroatoms. The normalized spacial score (nSPS) is 12.1. The highest BCUT2D eigenvalue weighted by molar-refractivity contribution is 5.37. The van der Waals surface area contributed by atoms with E-state index >= 15 is 0 Å². The first-order valence-electron chi connectivity index (χ1n) is 5.37. The molecule has 1 aromatic heterocycles. The maximum Gasteiger partial charge on any atom is 0.0564 e. The number of pyridine rings is 1. The van der Waals surface area contributed by atoms with Crippen LogP contribution in [0.15, 0.2) is 18.3 Å². The third-order valence-corrected chi connectivity index (χ3v) is 3.14. The number of nitrogens with zero attached hydrogens (tertiary/aromatic N) is 2. The van der Waals surface area contributed by atoms with E-state index in [-0.39, 0.29) is 5.54 Å². The summed E-state index contributed by atoms with van der Waals surface area (Å²) in [5, 5.41) is 0. The van der Waals surface area contributed by atoms with Crippen molar-refractivity contribution in [1.82, 2.24) is 9.88 Å². The summed E-state index contributed by atoms with van der Waals surface area (Å²) in [6, 6.07) is 3.75. The standard InChI is InChI=1S/C12H21N3/c1-5-12(2,3)15(4)9-11-8-10(13)6-7-14-11/h6-8H,5,9H2,1-4H3,(H2,13,14). The molecule has 15 heavy (non-hydrogen) atoms. The van der Waals surface area contributed by atoms with Crippen molar-refractivity contribution in [2.75, 3.05) is 12.8 Å². The number of rotatable bonds is 4. The number of hydrogen-bond donors (Lipinski definition) is 1. The molecule has 0 atom stereocenters. The quantitative estimate of drug-likeness (QED) is 0.823. The first kappa shape index (κ1) is 12.0. The van der Waals surface area contributed by atoms with Gasteiger partial charge in [-0.3, -0.25) is 9.88 Å². The lowest BCUT2D eigenvalue weighted by Gasteiger charge is -2.34. The largest absolute Gasteiger partial charge is 0.399 e. The van der Waals surface area contributed by atoms with Crippen molar-refractivity contribution in [3.8, 4) is 0 Å². The number of aromatic nitrogens is 1. The average molecular weight is 207 g/mol. The average Bonchev–Trinajstić information content (AvgIpc) is 2.17. The van der Waals surface area contributed by atoms with E-state index in [1.54, 1.807) is 6.20 Å². The van der Waals surface area contributed by atoms with E-state index in [0.717, 1.165) is 24.3 Å². The van der Waals surface area contributed by atoms with Gasteiger partial charge in [0, 0.05) is 24.0 Å². The van der Waals surface area contributed by atoms with Crippen LogP contribution in [0.1, 0.15) is 32.9 Å². The molecule has 0 unspecified atom stereocenters. The predicted molar refractivity (Wildman–Crippen MR) is 64.5 cm³/mol. The minimum Gasteiger partial charge on any atom is -0.399 e. The molecule has 0 aliphatic heterocycles. The zero-order valence-electron chi connectivity index (χ0n) is 10.1. The summed E-state index contributed by atoms with van der Waals surface area (Å²) < 4.78 is 0. The van der Waals surface area contributed by atoms with Crippen LogP contribution in [0.5, 0.6) is 0 Å². The second kappa shape index (κ2) is 4.62.